The Bertz CT molecular complexity index is 747. The van der Waals surface area contributed by atoms with Crippen molar-refractivity contribution in [1.82, 2.24) is 9.88 Å². The molecule has 25 heavy (non-hydrogen) atoms. The minimum atomic E-state index is -4.42. The smallest absolute Gasteiger partial charge is 0.346 e. The van der Waals surface area contributed by atoms with Crippen LogP contribution >= 0.6 is 11.6 Å². The minimum absolute atomic E-state index is 0.0892. The molecule has 1 aromatic heterocycles. The number of hydrogen-bond donors (Lipinski definition) is 0. The first-order valence-corrected chi connectivity index (χ1v) is 8.01. The molecule has 0 unspecified atom stereocenters. The quantitative estimate of drug-likeness (QED) is 0.829. The molecule has 1 aromatic carbocycles. The molecule has 0 radical (unpaired) electrons. The van der Waals surface area contributed by atoms with E-state index in [1.807, 2.05) is 12.1 Å². The molecule has 4 nitrogen and oxygen atoms in total. The van der Waals surface area contributed by atoms with Crippen molar-refractivity contribution in [3.8, 4) is 0 Å². The van der Waals surface area contributed by atoms with Crippen molar-refractivity contribution >= 4 is 23.3 Å². The van der Waals surface area contributed by atoms with Crippen LogP contribution in [-0.4, -0.2) is 35.4 Å². The Hall–Kier alpha value is -2.28. The molecular formula is C17H15ClF3N3O. The first kappa shape index (κ1) is 17.5. The number of rotatable bonds is 3. The van der Waals surface area contributed by atoms with E-state index in [2.05, 4.69) is 4.98 Å². The number of carbonyl (C=O) groups excluding carboxylic acids is 1. The Labute approximate surface area is 147 Å². The van der Waals surface area contributed by atoms with E-state index < -0.39 is 11.7 Å². The number of carbonyl (C=O) groups is 1. The number of hydrogen-bond acceptors (Lipinski definition) is 3. The monoisotopic (exact) mass is 369 g/mol. The summed E-state index contributed by atoms with van der Waals surface area (Å²) in [5.74, 6) is 0.274. The van der Waals surface area contributed by atoms with Gasteiger partial charge < -0.3 is 9.80 Å². The lowest BCUT2D eigenvalue weighted by atomic mass is 10.2. The van der Waals surface area contributed by atoms with Crippen molar-refractivity contribution in [2.24, 2.45) is 0 Å². The second kappa shape index (κ2) is 6.92. The SMILES string of the molecule is O=C1CN(c2ccc(C(F)(F)F)cn2)CCN1Cc1ccc(Cl)cc1. The topological polar surface area (TPSA) is 36.4 Å². The highest BCUT2D eigenvalue weighted by Crippen LogP contribution is 2.29. The van der Waals surface area contributed by atoms with E-state index in [0.29, 0.717) is 30.5 Å². The summed E-state index contributed by atoms with van der Waals surface area (Å²) < 4.78 is 37.8. The van der Waals surface area contributed by atoms with Gasteiger partial charge in [-0.25, -0.2) is 4.98 Å². The lowest BCUT2D eigenvalue weighted by Crippen LogP contribution is -2.50. The van der Waals surface area contributed by atoms with Gasteiger partial charge in [-0.15, -0.1) is 0 Å². The van der Waals surface area contributed by atoms with E-state index in [0.717, 1.165) is 17.8 Å². The van der Waals surface area contributed by atoms with Crippen molar-refractivity contribution in [3.05, 3.63) is 58.7 Å². The van der Waals surface area contributed by atoms with Crippen molar-refractivity contribution < 1.29 is 18.0 Å². The Balaban J connectivity index is 1.63. The lowest BCUT2D eigenvalue weighted by Gasteiger charge is -2.35. The van der Waals surface area contributed by atoms with Gasteiger partial charge in [0.2, 0.25) is 5.91 Å². The van der Waals surface area contributed by atoms with Gasteiger partial charge in [-0.3, -0.25) is 4.79 Å². The number of alkyl halides is 3. The van der Waals surface area contributed by atoms with Crippen LogP contribution in [0.5, 0.6) is 0 Å². The van der Waals surface area contributed by atoms with Crippen LogP contribution in [-0.2, 0) is 17.5 Å². The molecule has 3 rings (SSSR count). The maximum atomic E-state index is 12.6. The molecule has 8 heteroatoms. The van der Waals surface area contributed by atoms with Crippen molar-refractivity contribution in [3.63, 3.8) is 0 Å². The zero-order valence-electron chi connectivity index (χ0n) is 13.1. The zero-order valence-corrected chi connectivity index (χ0v) is 13.9. The number of halogens is 4. The van der Waals surface area contributed by atoms with Gasteiger partial charge in [-0.05, 0) is 29.8 Å². The van der Waals surface area contributed by atoms with E-state index in [1.165, 1.54) is 6.07 Å². The van der Waals surface area contributed by atoms with E-state index in [-0.39, 0.29) is 12.5 Å². The van der Waals surface area contributed by atoms with Gasteiger partial charge in [-0.1, -0.05) is 23.7 Å². The number of pyridine rings is 1. The van der Waals surface area contributed by atoms with E-state index in [1.54, 1.807) is 21.9 Å². The molecule has 1 amide bonds. The normalized spacial score (nSPS) is 15.6. The van der Waals surface area contributed by atoms with Gasteiger partial charge in [-0.2, -0.15) is 13.2 Å². The minimum Gasteiger partial charge on any atom is -0.346 e. The number of nitrogens with zero attached hydrogens (tertiary/aromatic N) is 3. The van der Waals surface area contributed by atoms with Gasteiger partial charge in [0.25, 0.3) is 0 Å². The first-order valence-electron chi connectivity index (χ1n) is 7.63. The third-order valence-electron chi connectivity index (χ3n) is 4.00. The summed E-state index contributed by atoms with van der Waals surface area (Å²) in [6, 6.07) is 9.53. The fourth-order valence-electron chi connectivity index (χ4n) is 2.62. The Morgan fingerprint density at radius 1 is 1.08 bits per heavy atom. The predicted octanol–water partition coefficient (Wildman–Crippen LogP) is 3.60. The van der Waals surface area contributed by atoms with Crippen LogP contribution in [0.2, 0.25) is 5.02 Å². The second-order valence-electron chi connectivity index (χ2n) is 5.77. The first-order chi connectivity index (χ1) is 11.8. The summed E-state index contributed by atoms with van der Waals surface area (Å²) in [4.78, 5) is 19.6. The molecule has 0 saturated carbocycles. The second-order valence-corrected chi connectivity index (χ2v) is 6.20. The third-order valence-corrected chi connectivity index (χ3v) is 4.26. The van der Waals surface area contributed by atoms with Crippen LogP contribution in [0, 0.1) is 0 Å². The molecule has 1 aliphatic rings. The summed E-state index contributed by atoms with van der Waals surface area (Å²) in [6.07, 6.45) is -3.63. The summed E-state index contributed by atoms with van der Waals surface area (Å²) >= 11 is 5.84. The van der Waals surface area contributed by atoms with Crippen molar-refractivity contribution in [1.29, 1.82) is 0 Å². The molecule has 1 fully saturated rings. The van der Waals surface area contributed by atoms with Gasteiger partial charge >= 0.3 is 6.18 Å². The van der Waals surface area contributed by atoms with Crippen LogP contribution in [0.1, 0.15) is 11.1 Å². The van der Waals surface area contributed by atoms with Crippen LogP contribution in [0.25, 0.3) is 0 Å². The number of aromatic nitrogens is 1. The van der Waals surface area contributed by atoms with E-state index in [4.69, 9.17) is 11.6 Å². The number of anilines is 1. The zero-order chi connectivity index (χ0) is 18.0. The number of amides is 1. The summed E-state index contributed by atoms with van der Waals surface area (Å²) in [5, 5.41) is 0.633. The molecular weight excluding hydrogens is 355 g/mol. The average Bonchev–Trinajstić information content (AvgIpc) is 2.58. The van der Waals surface area contributed by atoms with Gasteiger partial charge in [0.15, 0.2) is 0 Å². The lowest BCUT2D eigenvalue weighted by molar-refractivity contribution is -0.138. The predicted molar refractivity (Wildman–Crippen MR) is 88.3 cm³/mol. The summed E-state index contributed by atoms with van der Waals surface area (Å²) in [7, 11) is 0. The van der Waals surface area contributed by atoms with Crippen LogP contribution < -0.4 is 4.90 Å². The van der Waals surface area contributed by atoms with E-state index in [9.17, 15) is 18.0 Å². The fraction of sp³-hybridized carbons (Fsp3) is 0.294. The molecule has 2 aromatic rings. The third kappa shape index (κ3) is 4.22. The Morgan fingerprint density at radius 2 is 1.80 bits per heavy atom. The highest BCUT2D eigenvalue weighted by molar-refractivity contribution is 6.30. The molecule has 1 saturated heterocycles. The number of benzene rings is 1. The fourth-order valence-corrected chi connectivity index (χ4v) is 2.75. The van der Waals surface area contributed by atoms with Gasteiger partial charge in [0.1, 0.15) is 5.82 Å². The Morgan fingerprint density at radius 3 is 2.36 bits per heavy atom. The van der Waals surface area contributed by atoms with Crippen LogP contribution in [0.4, 0.5) is 19.0 Å². The standard InChI is InChI=1S/C17H15ClF3N3O/c18-14-4-1-12(2-5-14)10-24-8-7-23(11-16(24)25)15-6-3-13(9-22-15)17(19,20)21/h1-6,9H,7-8,10-11H2. The van der Waals surface area contributed by atoms with Crippen molar-refractivity contribution in [2.75, 3.05) is 24.5 Å². The molecule has 0 bridgehead atoms. The molecule has 1 aliphatic heterocycles. The maximum Gasteiger partial charge on any atom is 0.417 e. The largest absolute Gasteiger partial charge is 0.417 e. The molecule has 0 spiro atoms. The Kier molecular flexibility index (Phi) is 4.85. The summed E-state index contributed by atoms with van der Waals surface area (Å²) in [6.45, 7) is 1.55. The van der Waals surface area contributed by atoms with Crippen LogP contribution in [0.3, 0.4) is 0 Å². The van der Waals surface area contributed by atoms with Crippen LogP contribution in [0.15, 0.2) is 42.6 Å². The molecule has 2 heterocycles. The van der Waals surface area contributed by atoms with Gasteiger partial charge in [0, 0.05) is 30.9 Å². The summed E-state index contributed by atoms with van der Waals surface area (Å²) in [5.41, 5.74) is 0.169. The average molecular weight is 370 g/mol. The van der Waals surface area contributed by atoms with Crippen molar-refractivity contribution in [2.45, 2.75) is 12.7 Å². The highest BCUT2D eigenvalue weighted by atomic mass is 35.5. The number of piperazine rings is 1. The van der Waals surface area contributed by atoms with Gasteiger partial charge in [0.05, 0.1) is 12.1 Å². The molecule has 132 valence electrons. The highest BCUT2D eigenvalue weighted by Gasteiger charge is 2.31. The molecule has 0 N–H and O–H groups in total. The molecule has 0 aliphatic carbocycles. The molecule has 0 atom stereocenters. The van der Waals surface area contributed by atoms with E-state index >= 15 is 0 Å². The maximum absolute atomic E-state index is 12.6.